The number of phenolic OH excluding ortho intramolecular Hbond substituents is 8. The van der Waals surface area contributed by atoms with Crippen LogP contribution in [0.2, 0.25) is 0 Å². The Kier molecular flexibility index (Phi) is 16.5. The zero-order chi connectivity index (χ0) is 53.9. The second kappa shape index (κ2) is 23.8. The molecule has 8 bridgehead atoms. The van der Waals surface area contributed by atoms with E-state index in [9.17, 15) is 40.9 Å². The fraction of sp³-hybridized carbons (Fsp3) is 0.129. The molecule has 382 valence electrons. The highest BCUT2D eigenvalue weighted by Crippen LogP contribution is 2.49. The molecular weight excluding hydrogens is 957 g/mol. The Balaban J connectivity index is 0.000000169. The lowest BCUT2D eigenvalue weighted by Crippen LogP contribution is -2.07. The normalized spacial score (nSPS) is 15.3. The van der Waals surface area contributed by atoms with E-state index in [0.29, 0.717) is 44.5 Å². The van der Waals surface area contributed by atoms with Crippen molar-refractivity contribution in [2.45, 2.75) is 51.4 Å². The number of pyridine rings is 6. The van der Waals surface area contributed by atoms with E-state index in [2.05, 4.69) is 29.9 Å². The van der Waals surface area contributed by atoms with Crippen molar-refractivity contribution in [1.82, 2.24) is 29.9 Å². The number of rotatable bonds is 3. The zero-order valence-corrected chi connectivity index (χ0v) is 42.0. The number of aromatic hydroxyl groups is 8. The molecule has 0 atom stereocenters. The SMILES string of the molecule is CC1c2cc(c(O)cc2O)C(C)c2cc(c(O)cc2O)C(C)c2cc(c(O)cc2O)C(C)c2cc1c(O)cc2O.c1cc(-c2ccncc2)ccn1.c1cc(-c2ccncc2)ccn1.c1cc(-c2ccncc2)ccn1. The molecule has 8 N–H and O–H groups in total. The maximum Gasteiger partial charge on any atom is 0.123 e. The van der Waals surface area contributed by atoms with Crippen LogP contribution in [-0.4, -0.2) is 70.8 Å². The van der Waals surface area contributed by atoms with Crippen molar-refractivity contribution in [3.8, 4) is 79.4 Å². The molecule has 0 saturated carbocycles. The van der Waals surface area contributed by atoms with Crippen LogP contribution in [0.3, 0.4) is 0 Å². The van der Waals surface area contributed by atoms with Gasteiger partial charge in [-0.3, -0.25) is 29.9 Å². The van der Waals surface area contributed by atoms with Crippen LogP contribution in [0, 0.1) is 0 Å². The van der Waals surface area contributed by atoms with Gasteiger partial charge in [-0.2, -0.15) is 0 Å². The van der Waals surface area contributed by atoms with Crippen molar-refractivity contribution in [2.75, 3.05) is 0 Å². The summed E-state index contributed by atoms with van der Waals surface area (Å²) in [5, 5.41) is 86.5. The smallest absolute Gasteiger partial charge is 0.123 e. The summed E-state index contributed by atoms with van der Waals surface area (Å²) in [7, 11) is 0. The van der Waals surface area contributed by atoms with Gasteiger partial charge in [0.2, 0.25) is 0 Å². The highest BCUT2D eigenvalue weighted by atomic mass is 16.3. The Morgan fingerprint density at radius 3 is 0.447 bits per heavy atom. The van der Waals surface area contributed by atoms with Gasteiger partial charge in [-0.15, -0.1) is 0 Å². The Bertz CT molecular complexity index is 2890. The molecule has 0 amide bonds. The van der Waals surface area contributed by atoms with Gasteiger partial charge in [-0.05, 0) is 130 Å². The molecule has 1 aliphatic carbocycles. The van der Waals surface area contributed by atoms with Crippen LogP contribution in [0.25, 0.3) is 33.4 Å². The molecule has 0 radical (unpaired) electrons. The largest absolute Gasteiger partial charge is 0.508 e. The first-order valence-corrected chi connectivity index (χ1v) is 24.3. The number of nitrogens with zero attached hydrogens (tertiary/aromatic N) is 6. The number of fused-ring (bicyclic) bond motifs is 8. The van der Waals surface area contributed by atoms with Crippen molar-refractivity contribution in [1.29, 1.82) is 0 Å². The van der Waals surface area contributed by atoms with E-state index in [4.69, 9.17) is 0 Å². The summed E-state index contributed by atoms with van der Waals surface area (Å²) in [6, 6.07) is 35.1. The number of hydrogen-bond acceptors (Lipinski definition) is 14. The van der Waals surface area contributed by atoms with Gasteiger partial charge in [-0.25, -0.2) is 0 Å². The molecule has 76 heavy (non-hydrogen) atoms. The third-order valence-corrected chi connectivity index (χ3v) is 13.5. The van der Waals surface area contributed by atoms with Crippen molar-refractivity contribution in [2.24, 2.45) is 0 Å². The molecule has 0 spiro atoms. The average Bonchev–Trinajstić information content (AvgIpc) is 3.44. The van der Waals surface area contributed by atoms with Gasteiger partial charge in [-0.1, -0.05) is 27.7 Å². The van der Waals surface area contributed by atoms with Crippen molar-refractivity contribution >= 4 is 0 Å². The monoisotopic (exact) mass is 1010 g/mol. The maximum absolute atomic E-state index is 10.8. The fourth-order valence-electron chi connectivity index (χ4n) is 9.16. The highest BCUT2D eigenvalue weighted by molar-refractivity contribution is 5.65. The van der Waals surface area contributed by atoms with Crippen molar-refractivity contribution < 1.29 is 40.9 Å². The number of aromatic nitrogens is 6. The Morgan fingerprint density at radius 2 is 0.329 bits per heavy atom. The Hall–Kier alpha value is -9.82. The topological polar surface area (TPSA) is 239 Å². The minimum absolute atomic E-state index is 0.200. The lowest BCUT2D eigenvalue weighted by molar-refractivity contribution is 0.429. The van der Waals surface area contributed by atoms with E-state index in [-0.39, 0.29) is 46.0 Å². The first-order valence-electron chi connectivity index (χ1n) is 24.3. The second-order valence-electron chi connectivity index (χ2n) is 18.2. The summed E-state index contributed by atoms with van der Waals surface area (Å²) in [4.78, 5) is 23.7. The molecule has 0 aliphatic heterocycles. The number of phenols is 8. The third kappa shape index (κ3) is 12.0. The summed E-state index contributed by atoms with van der Waals surface area (Å²) in [5.41, 5.74) is 10.2. The molecule has 14 heteroatoms. The van der Waals surface area contributed by atoms with E-state index < -0.39 is 23.7 Å². The van der Waals surface area contributed by atoms with E-state index in [1.165, 1.54) is 57.6 Å². The van der Waals surface area contributed by atoms with Gasteiger partial charge < -0.3 is 40.9 Å². The van der Waals surface area contributed by atoms with Crippen LogP contribution in [0.1, 0.15) is 95.9 Å². The first kappa shape index (κ1) is 52.5. The minimum Gasteiger partial charge on any atom is -0.508 e. The summed E-state index contributed by atoms with van der Waals surface area (Å²) < 4.78 is 0. The molecule has 0 saturated heterocycles. The molecule has 4 aromatic carbocycles. The summed E-state index contributed by atoms with van der Waals surface area (Å²) in [6.07, 6.45) is 21.4. The van der Waals surface area contributed by atoms with Crippen LogP contribution >= 0.6 is 0 Å². The molecule has 14 nitrogen and oxygen atoms in total. The number of benzene rings is 4. The van der Waals surface area contributed by atoms with Crippen LogP contribution in [0.5, 0.6) is 46.0 Å². The third-order valence-electron chi connectivity index (χ3n) is 13.5. The van der Waals surface area contributed by atoms with Crippen LogP contribution in [0.15, 0.2) is 196 Å². The molecule has 10 aromatic rings. The van der Waals surface area contributed by atoms with Crippen molar-refractivity contribution in [3.63, 3.8) is 0 Å². The lowest BCUT2D eigenvalue weighted by atomic mass is 9.81. The summed E-state index contributed by atoms with van der Waals surface area (Å²) in [5.74, 6) is -3.99. The quantitative estimate of drug-likeness (QED) is 0.0822. The predicted molar refractivity (Wildman–Crippen MR) is 292 cm³/mol. The summed E-state index contributed by atoms with van der Waals surface area (Å²) >= 11 is 0. The molecule has 0 fully saturated rings. The van der Waals surface area contributed by atoms with E-state index in [1.807, 2.05) is 72.8 Å². The van der Waals surface area contributed by atoms with Gasteiger partial charge in [0.05, 0.1) is 0 Å². The summed E-state index contributed by atoms with van der Waals surface area (Å²) in [6.45, 7) is 7.05. The van der Waals surface area contributed by atoms with Gasteiger partial charge in [0.15, 0.2) is 0 Å². The molecule has 0 unspecified atom stereocenters. The lowest BCUT2D eigenvalue weighted by Gasteiger charge is -2.25. The Morgan fingerprint density at radius 1 is 0.211 bits per heavy atom. The van der Waals surface area contributed by atoms with Gasteiger partial charge >= 0.3 is 0 Å². The Labute approximate surface area is 440 Å². The molecular formula is C62H56N6O8. The molecule has 6 heterocycles. The van der Waals surface area contributed by atoms with Crippen LogP contribution < -0.4 is 0 Å². The van der Waals surface area contributed by atoms with Crippen LogP contribution in [0.4, 0.5) is 0 Å². The van der Waals surface area contributed by atoms with E-state index >= 15 is 0 Å². The second-order valence-corrected chi connectivity index (χ2v) is 18.2. The van der Waals surface area contributed by atoms with E-state index in [1.54, 1.807) is 126 Å². The highest BCUT2D eigenvalue weighted by Gasteiger charge is 2.29. The maximum atomic E-state index is 10.8. The minimum atomic E-state index is -0.598. The fourth-order valence-corrected chi connectivity index (χ4v) is 9.16. The molecule has 6 aromatic heterocycles. The molecule has 11 rings (SSSR count). The van der Waals surface area contributed by atoms with E-state index in [0.717, 1.165) is 0 Å². The van der Waals surface area contributed by atoms with Gasteiger partial charge in [0.25, 0.3) is 0 Å². The van der Waals surface area contributed by atoms with Gasteiger partial charge in [0.1, 0.15) is 46.0 Å². The molecule has 1 aliphatic rings. The van der Waals surface area contributed by atoms with Gasteiger partial charge in [0, 0.05) is 167 Å². The average molecular weight is 1010 g/mol. The predicted octanol–water partition coefficient (Wildman–Crippen LogP) is 12.7. The number of hydrogen-bond donors (Lipinski definition) is 8. The standard InChI is InChI=1S/C32H32O8.3C10H8N2/c1-13-17-5-19(27(35)9-25(17)33)14(2)21-7-23(31(39)11-29(21)37)16(4)24-8-22(30(38)12-32(24)40)15(3)20-6-18(13)26(34)10-28(20)36;3*1-5-11-6-2-9(1)10-3-7-12-8-4-10/h5-16,33-40H,1-4H3;3*1-8H. The van der Waals surface area contributed by atoms with Crippen molar-refractivity contribution in [3.05, 3.63) is 240 Å². The zero-order valence-electron chi connectivity index (χ0n) is 42.0. The first-order chi connectivity index (χ1) is 36.7. The van der Waals surface area contributed by atoms with Crippen LogP contribution in [-0.2, 0) is 0 Å².